The van der Waals surface area contributed by atoms with Gasteiger partial charge in [-0.25, -0.2) is 4.98 Å². The molecular formula is C45H71N5O8S. The third kappa shape index (κ3) is 13.9. The summed E-state index contributed by atoms with van der Waals surface area (Å²) in [6, 6.07) is 8.85. The second-order valence-electron chi connectivity index (χ2n) is 16.8. The second kappa shape index (κ2) is 23.9. The van der Waals surface area contributed by atoms with Gasteiger partial charge in [-0.3, -0.25) is 24.0 Å². The van der Waals surface area contributed by atoms with Crippen LogP contribution in [-0.4, -0.2) is 115 Å². The topological polar surface area (TPSA) is 156 Å². The molecule has 0 radical (unpaired) electrons. The summed E-state index contributed by atoms with van der Waals surface area (Å²) in [5, 5.41) is 8.76. The molecule has 0 bridgehead atoms. The Morgan fingerprint density at radius 1 is 1.02 bits per heavy atom. The van der Waals surface area contributed by atoms with Gasteiger partial charge in [-0.15, -0.1) is 11.3 Å². The number of likely N-dealkylation sites (tertiary alicyclic amines) is 1. The number of nitrogens with zero attached hydrogens (tertiary/aromatic N) is 3. The van der Waals surface area contributed by atoms with Crippen molar-refractivity contribution in [2.45, 2.75) is 136 Å². The lowest BCUT2D eigenvalue weighted by Gasteiger charge is -2.41. The average Bonchev–Trinajstić information content (AvgIpc) is 3.93. The van der Waals surface area contributed by atoms with E-state index in [1.807, 2.05) is 82.2 Å². The van der Waals surface area contributed by atoms with E-state index in [0.717, 1.165) is 23.4 Å². The predicted molar refractivity (Wildman–Crippen MR) is 231 cm³/mol. The Labute approximate surface area is 356 Å². The van der Waals surface area contributed by atoms with Gasteiger partial charge in [0.2, 0.25) is 23.6 Å². The number of hydrogen-bond acceptors (Lipinski definition) is 10. The fourth-order valence-corrected chi connectivity index (χ4v) is 8.87. The van der Waals surface area contributed by atoms with Crippen LogP contribution in [0.2, 0.25) is 0 Å². The van der Waals surface area contributed by atoms with Crippen LogP contribution in [0.3, 0.4) is 0 Å². The Balaban J connectivity index is 1.76. The van der Waals surface area contributed by atoms with E-state index in [-0.39, 0.29) is 79.2 Å². The van der Waals surface area contributed by atoms with E-state index in [1.165, 1.54) is 11.3 Å². The highest BCUT2D eigenvalue weighted by Gasteiger charge is 2.43. The predicted octanol–water partition coefficient (Wildman–Crippen LogP) is 6.02. The summed E-state index contributed by atoms with van der Waals surface area (Å²) < 4.78 is 17.4. The van der Waals surface area contributed by atoms with Crippen LogP contribution in [0.1, 0.15) is 111 Å². The minimum absolute atomic E-state index is 0.0198. The van der Waals surface area contributed by atoms with Crippen molar-refractivity contribution < 1.29 is 38.2 Å². The van der Waals surface area contributed by atoms with Crippen molar-refractivity contribution in [1.82, 2.24) is 25.4 Å². The number of nitrogens with one attached hydrogen (secondary N) is 2. The van der Waals surface area contributed by atoms with Crippen LogP contribution in [0.15, 0.2) is 41.9 Å². The van der Waals surface area contributed by atoms with Crippen molar-refractivity contribution in [2.75, 3.05) is 41.0 Å². The number of methoxy groups -OCH3 is 2. The summed E-state index contributed by atoms with van der Waals surface area (Å²) in [4.78, 5) is 76.9. The molecule has 4 amide bonds. The molecule has 330 valence electrons. The third-order valence-electron chi connectivity index (χ3n) is 12.0. The summed E-state index contributed by atoms with van der Waals surface area (Å²) in [7, 11) is 4.88. The molecule has 1 aliphatic heterocycles. The Morgan fingerprint density at radius 3 is 2.29 bits per heavy atom. The van der Waals surface area contributed by atoms with Crippen molar-refractivity contribution in [3.63, 3.8) is 0 Å². The molecule has 2 N–H and O–H groups in total. The molecule has 1 aromatic heterocycles. The number of carbonyl (C=O) groups is 5. The molecule has 1 fully saturated rings. The molecule has 0 saturated carbocycles. The van der Waals surface area contributed by atoms with Gasteiger partial charge in [0, 0.05) is 64.8 Å². The fourth-order valence-electron chi connectivity index (χ4n) is 8.18. The zero-order valence-corrected chi connectivity index (χ0v) is 38.1. The van der Waals surface area contributed by atoms with Crippen LogP contribution in [0, 0.1) is 23.7 Å². The maximum Gasteiger partial charge on any atom is 0.226 e. The number of rotatable bonds is 25. The number of Topliss-reactive ketones (excluding diaryl/α,β-unsaturated/α-hetero) is 1. The highest BCUT2D eigenvalue weighted by Crippen LogP contribution is 2.31. The van der Waals surface area contributed by atoms with Crippen molar-refractivity contribution >= 4 is 40.7 Å². The molecule has 0 aliphatic carbocycles. The van der Waals surface area contributed by atoms with Crippen LogP contribution in [0.25, 0.3) is 0 Å². The summed E-state index contributed by atoms with van der Waals surface area (Å²) in [6.07, 6.45) is 3.39. The Hall–Kier alpha value is -3.72. The number of hydrogen-bond donors (Lipinski definition) is 2. The van der Waals surface area contributed by atoms with Gasteiger partial charge >= 0.3 is 0 Å². The SMILES string of the molecule is CCOCCC(=O)NC(C)(C)C(=O)C[C@H](C(=O)N(C)[C@@H]([C@@H](C)CC)[C@@H](CC(=O)N1CCC[C@H]1[C@H](OC)[C@@H](C)C(=O)N[C@@H](Cc1ccccc1)c1nccs1)OC)C(C)C. The van der Waals surface area contributed by atoms with Crippen molar-refractivity contribution in [3.05, 3.63) is 52.5 Å². The molecule has 13 nitrogen and oxygen atoms in total. The smallest absolute Gasteiger partial charge is 0.226 e. The van der Waals surface area contributed by atoms with Gasteiger partial charge in [-0.1, -0.05) is 71.4 Å². The largest absolute Gasteiger partial charge is 0.381 e. The first-order valence-electron chi connectivity index (χ1n) is 21.3. The van der Waals surface area contributed by atoms with Gasteiger partial charge in [0.1, 0.15) is 5.01 Å². The summed E-state index contributed by atoms with van der Waals surface area (Å²) >= 11 is 1.50. The van der Waals surface area contributed by atoms with Crippen molar-refractivity contribution in [2.24, 2.45) is 23.7 Å². The van der Waals surface area contributed by atoms with Gasteiger partial charge < -0.3 is 34.6 Å². The monoisotopic (exact) mass is 842 g/mol. The third-order valence-corrected chi connectivity index (χ3v) is 12.9. The molecule has 1 aromatic carbocycles. The van der Waals surface area contributed by atoms with Crippen LogP contribution in [0.4, 0.5) is 0 Å². The number of aromatic nitrogens is 1. The molecule has 59 heavy (non-hydrogen) atoms. The maximum atomic E-state index is 14.4. The van der Waals surface area contributed by atoms with Crippen LogP contribution in [-0.2, 0) is 44.6 Å². The molecule has 2 aromatic rings. The second-order valence-corrected chi connectivity index (χ2v) is 17.7. The normalized spacial score (nSPS) is 18.0. The average molecular weight is 842 g/mol. The highest BCUT2D eigenvalue weighted by atomic mass is 32.1. The Kier molecular flexibility index (Phi) is 20.1. The van der Waals surface area contributed by atoms with Gasteiger partial charge in [0.25, 0.3) is 0 Å². The molecule has 3 rings (SSSR count). The first-order chi connectivity index (χ1) is 28.0. The van der Waals surface area contributed by atoms with Crippen molar-refractivity contribution in [3.8, 4) is 0 Å². The first-order valence-corrected chi connectivity index (χ1v) is 22.2. The number of carbonyl (C=O) groups excluding carboxylic acids is 5. The van der Waals surface area contributed by atoms with E-state index in [0.29, 0.717) is 26.0 Å². The number of thiazole rings is 1. The number of ketones is 1. The molecule has 8 atom stereocenters. The van der Waals surface area contributed by atoms with Crippen LogP contribution >= 0.6 is 11.3 Å². The van der Waals surface area contributed by atoms with Gasteiger partial charge in [-0.2, -0.15) is 0 Å². The van der Waals surface area contributed by atoms with E-state index >= 15 is 0 Å². The molecule has 0 unspecified atom stereocenters. The minimum atomic E-state index is -1.18. The van der Waals surface area contributed by atoms with E-state index in [2.05, 4.69) is 15.6 Å². The first kappa shape index (κ1) is 49.6. The molecule has 1 aliphatic rings. The van der Waals surface area contributed by atoms with E-state index in [1.54, 1.807) is 46.2 Å². The summed E-state index contributed by atoms with van der Waals surface area (Å²) in [5.41, 5.74) is -0.0955. The van der Waals surface area contributed by atoms with Gasteiger partial charge in [0.05, 0.1) is 54.8 Å². The zero-order valence-electron chi connectivity index (χ0n) is 37.3. The number of benzene rings is 1. The number of amides is 4. The fraction of sp³-hybridized carbons (Fsp3) is 0.689. The molecule has 14 heteroatoms. The maximum absolute atomic E-state index is 14.4. The van der Waals surface area contributed by atoms with Crippen LogP contribution in [0.5, 0.6) is 0 Å². The lowest BCUT2D eigenvalue weighted by atomic mass is 9.82. The van der Waals surface area contributed by atoms with Crippen molar-refractivity contribution in [1.29, 1.82) is 0 Å². The standard InChI is InChI=1S/C45H71N5O8S/c1-12-30(5)40(49(9)44(55)33(29(3)4)27-37(51)45(7,8)48-38(52)21-24-58-13-2)36(56-10)28-39(53)50-23-17-20-35(50)41(57-11)31(6)42(54)47-34(43-46-22-25-59-43)26-32-18-15-14-16-19-32/h14-16,18-19,22,25,29-31,33-36,40-41H,12-13,17,20-21,23-24,26-28H2,1-11H3,(H,47,54)(H,48,52)/t30-,31+,33-,34-,35-,36+,40-,41+/m0/s1. The Morgan fingerprint density at radius 2 is 1.71 bits per heavy atom. The summed E-state index contributed by atoms with van der Waals surface area (Å²) in [6.45, 7) is 16.2. The number of ether oxygens (including phenoxy) is 3. The van der Waals surface area contributed by atoms with Gasteiger partial charge in [0.15, 0.2) is 5.78 Å². The quantitative estimate of drug-likeness (QED) is 0.114. The Bertz CT molecular complexity index is 1620. The highest BCUT2D eigenvalue weighted by molar-refractivity contribution is 7.09. The number of likely N-dealkylation sites (N-methyl/N-ethyl adjacent to an activating group) is 1. The lowest BCUT2D eigenvalue weighted by molar-refractivity contribution is -0.149. The van der Waals surface area contributed by atoms with E-state index in [4.69, 9.17) is 14.2 Å². The lowest BCUT2D eigenvalue weighted by Crippen LogP contribution is -2.55. The van der Waals surface area contributed by atoms with E-state index < -0.39 is 35.6 Å². The molecular weight excluding hydrogens is 771 g/mol. The minimum Gasteiger partial charge on any atom is -0.381 e. The summed E-state index contributed by atoms with van der Waals surface area (Å²) in [5.74, 6) is -2.51. The van der Waals surface area contributed by atoms with Crippen LogP contribution < -0.4 is 10.6 Å². The molecule has 1 saturated heterocycles. The van der Waals surface area contributed by atoms with E-state index in [9.17, 15) is 24.0 Å². The molecule has 0 spiro atoms. The molecule has 2 heterocycles. The van der Waals surface area contributed by atoms with Gasteiger partial charge in [-0.05, 0) is 57.4 Å². The zero-order chi connectivity index (χ0) is 43.9.